The van der Waals surface area contributed by atoms with Gasteiger partial charge in [0.05, 0.1) is 19.3 Å². The molecule has 0 bridgehead atoms. The van der Waals surface area contributed by atoms with E-state index in [0.717, 1.165) is 43.2 Å². The summed E-state index contributed by atoms with van der Waals surface area (Å²) in [5, 5.41) is 3.58. The van der Waals surface area contributed by atoms with Gasteiger partial charge in [0, 0.05) is 17.7 Å². The average Bonchev–Trinajstić information content (AvgIpc) is 2.55. The Labute approximate surface area is 125 Å². The molecular weight excluding hydrogens is 262 g/mol. The maximum atomic E-state index is 5.69. The molecule has 1 aliphatic heterocycles. The maximum Gasteiger partial charge on any atom is 0.124 e. The Morgan fingerprint density at radius 3 is 2.76 bits per heavy atom. The van der Waals surface area contributed by atoms with Gasteiger partial charge >= 0.3 is 0 Å². The monoisotopic (exact) mass is 283 g/mol. The van der Waals surface area contributed by atoms with E-state index in [1.54, 1.807) is 0 Å². The minimum Gasteiger partial charge on any atom is -0.494 e. The predicted octanol–water partition coefficient (Wildman–Crippen LogP) is 4.41. The summed E-state index contributed by atoms with van der Waals surface area (Å²) in [4.78, 5) is 0. The SMILES string of the molecule is CCCOc1ccc(NC2CCOc3ccccc32)cc1. The summed E-state index contributed by atoms with van der Waals surface area (Å²) in [6.07, 6.45) is 2.00. The summed E-state index contributed by atoms with van der Waals surface area (Å²) < 4.78 is 11.3. The first-order valence-corrected chi connectivity index (χ1v) is 7.58. The van der Waals surface area contributed by atoms with Crippen LogP contribution < -0.4 is 14.8 Å². The van der Waals surface area contributed by atoms with Crippen LogP contribution in [0.5, 0.6) is 11.5 Å². The molecule has 2 aromatic rings. The summed E-state index contributed by atoms with van der Waals surface area (Å²) in [5.41, 5.74) is 2.34. The molecule has 0 aromatic heterocycles. The van der Waals surface area contributed by atoms with E-state index in [1.165, 1.54) is 5.56 Å². The van der Waals surface area contributed by atoms with Gasteiger partial charge in [-0.2, -0.15) is 0 Å². The number of anilines is 1. The van der Waals surface area contributed by atoms with Gasteiger partial charge in [-0.1, -0.05) is 25.1 Å². The number of benzene rings is 2. The molecule has 1 heterocycles. The molecule has 0 amide bonds. The Morgan fingerprint density at radius 1 is 1.14 bits per heavy atom. The van der Waals surface area contributed by atoms with E-state index in [1.807, 2.05) is 24.3 Å². The second kappa shape index (κ2) is 6.53. The van der Waals surface area contributed by atoms with Gasteiger partial charge in [-0.25, -0.2) is 0 Å². The molecule has 0 saturated heterocycles. The van der Waals surface area contributed by atoms with Crippen molar-refractivity contribution in [3.8, 4) is 11.5 Å². The predicted molar refractivity (Wildman–Crippen MR) is 85.1 cm³/mol. The molecule has 1 unspecified atom stereocenters. The third-order valence-corrected chi connectivity index (χ3v) is 3.63. The quantitative estimate of drug-likeness (QED) is 0.881. The highest BCUT2D eigenvalue weighted by atomic mass is 16.5. The van der Waals surface area contributed by atoms with Gasteiger partial charge < -0.3 is 14.8 Å². The fraction of sp³-hybridized carbons (Fsp3) is 0.333. The van der Waals surface area contributed by atoms with Gasteiger partial charge in [0.1, 0.15) is 11.5 Å². The van der Waals surface area contributed by atoms with Gasteiger partial charge in [0.25, 0.3) is 0 Å². The third-order valence-electron chi connectivity index (χ3n) is 3.63. The summed E-state index contributed by atoms with van der Waals surface area (Å²) in [6, 6.07) is 16.7. The van der Waals surface area contributed by atoms with Crippen molar-refractivity contribution in [1.82, 2.24) is 0 Å². The molecule has 0 saturated carbocycles. The Morgan fingerprint density at radius 2 is 1.95 bits per heavy atom. The first-order chi connectivity index (χ1) is 10.4. The fourth-order valence-corrected chi connectivity index (χ4v) is 2.56. The number of rotatable bonds is 5. The second-order valence-corrected chi connectivity index (χ2v) is 5.24. The normalized spacial score (nSPS) is 16.7. The zero-order chi connectivity index (χ0) is 14.5. The van der Waals surface area contributed by atoms with Crippen molar-refractivity contribution in [2.24, 2.45) is 0 Å². The van der Waals surface area contributed by atoms with E-state index >= 15 is 0 Å². The van der Waals surface area contributed by atoms with Crippen LogP contribution in [0, 0.1) is 0 Å². The third kappa shape index (κ3) is 3.30. The minimum atomic E-state index is 0.303. The summed E-state index contributed by atoms with van der Waals surface area (Å²) in [5.74, 6) is 1.92. The van der Waals surface area contributed by atoms with Gasteiger partial charge in [-0.15, -0.1) is 0 Å². The summed E-state index contributed by atoms with van der Waals surface area (Å²) in [7, 11) is 0. The van der Waals surface area contributed by atoms with Crippen molar-refractivity contribution >= 4 is 5.69 Å². The Balaban J connectivity index is 1.70. The number of nitrogens with one attached hydrogen (secondary N) is 1. The molecule has 1 N–H and O–H groups in total. The molecule has 3 heteroatoms. The van der Waals surface area contributed by atoms with Crippen molar-refractivity contribution < 1.29 is 9.47 Å². The van der Waals surface area contributed by atoms with Crippen molar-refractivity contribution in [2.75, 3.05) is 18.5 Å². The van der Waals surface area contributed by atoms with Crippen LogP contribution in [0.25, 0.3) is 0 Å². The zero-order valence-electron chi connectivity index (χ0n) is 12.3. The van der Waals surface area contributed by atoms with E-state index in [9.17, 15) is 0 Å². The molecule has 1 atom stereocenters. The summed E-state index contributed by atoms with van der Waals surface area (Å²) >= 11 is 0. The fourth-order valence-electron chi connectivity index (χ4n) is 2.56. The van der Waals surface area contributed by atoms with Crippen molar-refractivity contribution in [1.29, 1.82) is 0 Å². The van der Waals surface area contributed by atoms with Gasteiger partial charge in [0.15, 0.2) is 0 Å². The molecule has 21 heavy (non-hydrogen) atoms. The number of para-hydroxylation sites is 1. The molecule has 3 rings (SSSR count). The Kier molecular flexibility index (Phi) is 4.29. The standard InChI is InChI=1S/C18H21NO2/c1-2-12-20-15-9-7-14(8-10-15)19-17-11-13-21-18-6-4-3-5-16(17)18/h3-10,17,19H,2,11-13H2,1H3. The largest absolute Gasteiger partial charge is 0.494 e. The van der Waals surface area contributed by atoms with E-state index in [4.69, 9.17) is 9.47 Å². The van der Waals surface area contributed by atoms with Crippen LogP contribution in [0.15, 0.2) is 48.5 Å². The number of hydrogen-bond donors (Lipinski definition) is 1. The van der Waals surface area contributed by atoms with Gasteiger partial charge in [0.2, 0.25) is 0 Å². The lowest BCUT2D eigenvalue weighted by molar-refractivity contribution is 0.274. The lowest BCUT2D eigenvalue weighted by Gasteiger charge is -2.27. The Bertz CT molecular complexity index is 580. The smallest absolute Gasteiger partial charge is 0.124 e. The maximum absolute atomic E-state index is 5.69. The number of ether oxygens (including phenoxy) is 2. The van der Waals surface area contributed by atoms with Gasteiger partial charge in [-0.05, 0) is 36.8 Å². The molecule has 0 aliphatic carbocycles. The van der Waals surface area contributed by atoms with Crippen molar-refractivity contribution in [3.05, 3.63) is 54.1 Å². The summed E-state index contributed by atoms with van der Waals surface area (Å²) in [6.45, 7) is 3.63. The number of fused-ring (bicyclic) bond motifs is 1. The molecule has 2 aromatic carbocycles. The first-order valence-electron chi connectivity index (χ1n) is 7.58. The first kappa shape index (κ1) is 13.8. The van der Waals surface area contributed by atoms with Crippen LogP contribution >= 0.6 is 0 Å². The topological polar surface area (TPSA) is 30.5 Å². The highest BCUT2D eigenvalue weighted by molar-refractivity contribution is 5.50. The van der Waals surface area contributed by atoms with E-state index in [0.29, 0.717) is 6.04 Å². The van der Waals surface area contributed by atoms with Gasteiger partial charge in [-0.3, -0.25) is 0 Å². The zero-order valence-corrected chi connectivity index (χ0v) is 12.3. The highest BCUT2D eigenvalue weighted by Gasteiger charge is 2.20. The van der Waals surface area contributed by atoms with Crippen LogP contribution in [0.2, 0.25) is 0 Å². The molecule has 1 aliphatic rings. The average molecular weight is 283 g/mol. The van der Waals surface area contributed by atoms with E-state index in [-0.39, 0.29) is 0 Å². The molecule has 0 spiro atoms. The van der Waals surface area contributed by atoms with E-state index in [2.05, 4.69) is 36.5 Å². The second-order valence-electron chi connectivity index (χ2n) is 5.24. The Hall–Kier alpha value is -2.16. The van der Waals surface area contributed by atoms with Crippen molar-refractivity contribution in [2.45, 2.75) is 25.8 Å². The molecular formula is C18H21NO2. The molecule has 0 fully saturated rings. The number of hydrogen-bond acceptors (Lipinski definition) is 3. The van der Waals surface area contributed by atoms with Crippen LogP contribution in [0.3, 0.4) is 0 Å². The minimum absolute atomic E-state index is 0.303. The van der Waals surface area contributed by atoms with Crippen LogP contribution in [-0.4, -0.2) is 13.2 Å². The van der Waals surface area contributed by atoms with Crippen LogP contribution in [-0.2, 0) is 0 Å². The molecule has 110 valence electrons. The lowest BCUT2D eigenvalue weighted by Crippen LogP contribution is -2.20. The lowest BCUT2D eigenvalue weighted by atomic mass is 10.0. The van der Waals surface area contributed by atoms with E-state index < -0.39 is 0 Å². The van der Waals surface area contributed by atoms with Crippen molar-refractivity contribution in [3.63, 3.8) is 0 Å². The highest BCUT2D eigenvalue weighted by Crippen LogP contribution is 2.34. The molecule has 0 radical (unpaired) electrons. The van der Waals surface area contributed by atoms with Crippen LogP contribution in [0.4, 0.5) is 5.69 Å². The molecule has 3 nitrogen and oxygen atoms in total. The van der Waals surface area contributed by atoms with Crippen LogP contribution in [0.1, 0.15) is 31.4 Å².